The first-order valence-electron chi connectivity index (χ1n) is 12.0. The van der Waals surface area contributed by atoms with Crippen LogP contribution in [0.5, 0.6) is 0 Å². The van der Waals surface area contributed by atoms with Crippen LogP contribution in [0.25, 0.3) is 22.2 Å². The fourth-order valence-corrected chi connectivity index (χ4v) is 4.78. The van der Waals surface area contributed by atoms with Crippen molar-refractivity contribution in [1.29, 1.82) is 0 Å². The summed E-state index contributed by atoms with van der Waals surface area (Å²) in [6.07, 6.45) is 6.75. The Hall–Kier alpha value is -3.30. The van der Waals surface area contributed by atoms with Crippen molar-refractivity contribution in [2.45, 2.75) is 57.7 Å². The van der Waals surface area contributed by atoms with Crippen LogP contribution in [0.2, 0.25) is 0 Å². The minimum atomic E-state index is -0.741. The number of amides is 1. The molecule has 3 aromatic rings. The van der Waals surface area contributed by atoms with Gasteiger partial charge in [-0.3, -0.25) is 19.6 Å². The van der Waals surface area contributed by atoms with E-state index in [1.54, 1.807) is 6.20 Å². The highest BCUT2D eigenvalue weighted by atomic mass is 16.5. The number of rotatable bonds is 1. The Morgan fingerprint density at radius 1 is 1.15 bits per heavy atom. The number of hydrogen-bond donors (Lipinski definition) is 2. The third kappa shape index (κ3) is 4.41. The van der Waals surface area contributed by atoms with Gasteiger partial charge >= 0.3 is 5.97 Å². The molecular weight excluding hydrogens is 432 g/mol. The second kappa shape index (κ2) is 9.52. The van der Waals surface area contributed by atoms with Crippen molar-refractivity contribution in [3.05, 3.63) is 48.0 Å². The first kappa shape index (κ1) is 22.5. The number of benzene rings is 1. The third-order valence-electron chi connectivity index (χ3n) is 6.55. The van der Waals surface area contributed by atoms with Gasteiger partial charge in [-0.15, -0.1) is 0 Å². The molecule has 6 bridgehead atoms. The lowest BCUT2D eigenvalue weighted by Crippen LogP contribution is -2.59. The second-order valence-electron chi connectivity index (χ2n) is 8.96. The summed E-state index contributed by atoms with van der Waals surface area (Å²) in [6.45, 7) is 3.61. The molecule has 0 aliphatic carbocycles. The van der Waals surface area contributed by atoms with E-state index in [1.807, 2.05) is 24.4 Å². The molecule has 1 saturated heterocycles. The SMILES string of the molecule is CCc1nc2ccc3cc2n1CCCOC(=O)[C@@H]1CCCN(N1)C(=O)[C@@H](N)Cc1cncc-3c1. The van der Waals surface area contributed by atoms with Crippen molar-refractivity contribution in [1.82, 2.24) is 25.0 Å². The molecule has 3 N–H and O–H groups in total. The van der Waals surface area contributed by atoms with Crippen molar-refractivity contribution < 1.29 is 14.3 Å². The molecule has 2 aliphatic rings. The van der Waals surface area contributed by atoms with Crippen molar-refractivity contribution in [2.75, 3.05) is 13.2 Å². The Labute approximate surface area is 198 Å². The van der Waals surface area contributed by atoms with Crippen LogP contribution in [0, 0.1) is 0 Å². The number of imidazole rings is 1. The van der Waals surface area contributed by atoms with E-state index in [1.165, 1.54) is 5.01 Å². The number of cyclic esters (lactones) is 1. The number of nitrogens with two attached hydrogens (primary N) is 1. The van der Waals surface area contributed by atoms with Crippen LogP contribution in [-0.4, -0.2) is 56.7 Å². The van der Waals surface area contributed by atoms with E-state index in [2.05, 4.69) is 28.0 Å². The van der Waals surface area contributed by atoms with E-state index in [-0.39, 0.29) is 11.9 Å². The summed E-state index contributed by atoms with van der Waals surface area (Å²) < 4.78 is 7.77. The second-order valence-corrected chi connectivity index (χ2v) is 8.96. The Morgan fingerprint density at radius 3 is 2.88 bits per heavy atom. The number of pyridine rings is 1. The predicted octanol–water partition coefficient (Wildman–Crippen LogP) is 1.97. The molecule has 1 aromatic carbocycles. The molecule has 2 aromatic heterocycles. The quantitative estimate of drug-likeness (QED) is 0.531. The van der Waals surface area contributed by atoms with Gasteiger partial charge in [0.15, 0.2) is 0 Å². The summed E-state index contributed by atoms with van der Waals surface area (Å²) in [5.74, 6) is 0.438. The maximum atomic E-state index is 13.0. The lowest BCUT2D eigenvalue weighted by atomic mass is 10.0. The number of nitrogens with zero attached hydrogens (tertiary/aromatic N) is 4. The normalized spacial score (nSPS) is 21.9. The fraction of sp³-hybridized carbons (Fsp3) is 0.440. The maximum Gasteiger partial charge on any atom is 0.324 e. The van der Waals surface area contributed by atoms with Crippen LogP contribution in [-0.2, 0) is 33.7 Å². The summed E-state index contributed by atoms with van der Waals surface area (Å²) >= 11 is 0. The summed E-state index contributed by atoms with van der Waals surface area (Å²) in [4.78, 5) is 34.8. The summed E-state index contributed by atoms with van der Waals surface area (Å²) in [5, 5.41) is 1.47. The van der Waals surface area contributed by atoms with Gasteiger partial charge in [0, 0.05) is 37.5 Å². The lowest BCUT2D eigenvalue weighted by Gasteiger charge is -2.34. The molecular formula is C25H30N6O3. The zero-order valence-corrected chi connectivity index (χ0v) is 19.4. The van der Waals surface area contributed by atoms with Crippen molar-refractivity contribution in [3.8, 4) is 11.1 Å². The number of nitrogens with one attached hydrogen (secondary N) is 1. The van der Waals surface area contributed by atoms with Gasteiger partial charge in [0.1, 0.15) is 11.9 Å². The van der Waals surface area contributed by atoms with Crippen molar-refractivity contribution >= 4 is 22.9 Å². The fourth-order valence-electron chi connectivity index (χ4n) is 4.78. The highest BCUT2D eigenvalue weighted by Gasteiger charge is 2.31. The number of carbonyl (C=O) groups excluding carboxylic acids is 2. The minimum Gasteiger partial charge on any atom is -0.464 e. The first-order chi connectivity index (χ1) is 16.5. The van der Waals surface area contributed by atoms with Crippen molar-refractivity contribution in [3.63, 3.8) is 0 Å². The molecule has 4 heterocycles. The maximum absolute atomic E-state index is 13.0. The minimum absolute atomic E-state index is 0.235. The molecule has 0 radical (unpaired) electrons. The van der Waals surface area contributed by atoms with Crippen LogP contribution in [0.1, 0.15) is 37.6 Å². The lowest BCUT2D eigenvalue weighted by molar-refractivity contribution is -0.152. The average Bonchev–Trinajstić information content (AvgIpc) is 3.22. The number of hydrazine groups is 1. The smallest absolute Gasteiger partial charge is 0.324 e. The summed E-state index contributed by atoms with van der Waals surface area (Å²) in [5.41, 5.74) is 14.2. The van der Waals surface area contributed by atoms with Gasteiger partial charge in [0.2, 0.25) is 0 Å². The number of hydrogen-bond acceptors (Lipinski definition) is 7. The molecule has 1 fully saturated rings. The van der Waals surface area contributed by atoms with E-state index in [4.69, 9.17) is 15.5 Å². The summed E-state index contributed by atoms with van der Waals surface area (Å²) in [6, 6.07) is 6.95. The number of aromatic nitrogens is 3. The van der Waals surface area contributed by atoms with Gasteiger partial charge in [0.05, 0.1) is 23.7 Å². The molecule has 9 nitrogen and oxygen atoms in total. The van der Waals surface area contributed by atoms with Gasteiger partial charge in [0.25, 0.3) is 5.91 Å². The zero-order chi connectivity index (χ0) is 23.7. The molecule has 9 heteroatoms. The van der Waals surface area contributed by atoms with Crippen LogP contribution in [0.15, 0.2) is 36.7 Å². The van der Waals surface area contributed by atoms with Gasteiger partial charge in [-0.05, 0) is 55.0 Å². The Balaban J connectivity index is 1.53. The number of ether oxygens (including phenoxy) is 1. The Morgan fingerprint density at radius 2 is 2.03 bits per heavy atom. The molecule has 2 aliphatic heterocycles. The molecule has 1 amide bonds. The standard InChI is InChI=1S/C25H30N6O3/c1-2-23-28-20-7-6-17-13-22(20)30(23)8-4-10-34-25(33)21-5-3-9-31(29-21)24(32)19(26)12-16-11-18(17)15-27-14-16/h6-7,11,13-15,19,21,29H,2-5,8-10,12,26H2,1H3/t19-,21-/m0/s1. The van der Waals surface area contributed by atoms with E-state index in [0.29, 0.717) is 45.4 Å². The monoisotopic (exact) mass is 462 g/mol. The van der Waals surface area contributed by atoms with Gasteiger partial charge in [-0.2, -0.15) is 0 Å². The van der Waals surface area contributed by atoms with E-state index >= 15 is 0 Å². The highest BCUT2D eigenvalue weighted by molar-refractivity contribution is 5.84. The molecule has 34 heavy (non-hydrogen) atoms. The first-order valence-corrected chi connectivity index (χ1v) is 12.0. The number of fused-ring (bicyclic) bond motifs is 6. The summed E-state index contributed by atoms with van der Waals surface area (Å²) in [7, 11) is 0. The van der Waals surface area contributed by atoms with Crippen LogP contribution in [0.3, 0.4) is 0 Å². The van der Waals surface area contributed by atoms with Crippen LogP contribution >= 0.6 is 0 Å². The Bertz CT molecular complexity index is 1220. The largest absolute Gasteiger partial charge is 0.464 e. The van der Waals surface area contributed by atoms with Crippen LogP contribution < -0.4 is 11.2 Å². The predicted molar refractivity (Wildman–Crippen MR) is 127 cm³/mol. The van der Waals surface area contributed by atoms with Gasteiger partial charge in [-0.1, -0.05) is 13.0 Å². The van der Waals surface area contributed by atoms with Gasteiger partial charge < -0.3 is 15.0 Å². The molecule has 5 rings (SSSR count). The third-order valence-corrected chi connectivity index (χ3v) is 6.55. The molecule has 0 unspecified atom stereocenters. The zero-order valence-electron chi connectivity index (χ0n) is 19.4. The van der Waals surface area contributed by atoms with Crippen LogP contribution in [0.4, 0.5) is 0 Å². The molecule has 2 atom stereocenters. The topological polar surface area (TPSA) is 115 Å². The Kier molecular flexibility index (Phi) is 6.30. The number of aryl methyl sites for hydroxylation is 2. The van der Waals surface area contributed by atoms with E-state index < -0.39 is 12.1 Å². The number of carbonyl (C=O) groups is 2. The molecule has 0 saturated carbocycles. The number of esters is 1. The average molecular weight is 463 g/mol. The molecule has 178 valence electrons. The van der Waals surface area contributed by atoms with Gasteiger partial charge in [-0.25, -0.2) is 10.4 Å². The van der Waals surface area contributed by atoms with E-state index in [9.17, 15) is 9.59 Å². The van der Waals surface area contributed by atoms with E-state index in [0.717, 1.165) is 40.0 Å². The highest BCUT2D eigenvalue weighted by Crippen LogP contribution is 2.26. The molecule has 0 spiro atoms. The van der Waals surface area contributed by atoms with Crippen molar-refractivity contribution in [2.24, 2.45) is 5.73 Å².